The Morgan fingerprint density at radius 2 is 1.51 bits per heavy atom. The van der Waals surface area contributed by atoms with Crippen LogP contribution in [0.2, 0.25) is 15.1 Å². The number of carbonyl (C=O) groups excluding carboxylic acids is 1. The first-order valence-electron chi connectivity index (χ1n) is 10.9. The van der Waals surface area contributed by atoms with Crippen LogP contribution in [0, 0.1) is 13.8 Å². The summed E-state index contributed by atoms with van der Waals surface area (Å²) in [6.45, 7) is 3.34. The molecule has 10 nitrogen and oxygen atoms in total. The van der Waals surface area contributed by atoms with E-state index in [1.807, 2.05) is 0 Å². The average molecular weight is 630 g/mol. The molecule has 0 aliphatic carbocycles. The highest BCUT2D eigenvalue weighted by Gasteiger charge is 2.24. The van der Waals surface area contributed by atoms with Crippen LogP contribution in [0.15, 0.2) is 75.0 Å². The van der Waals surface area contributed by atoms with E-state index in [1.165, 1.54) is 36.4 Å². The first kappa shape index (κ1) is 28.7. The number of anilines is 3. The van der Waals surface area contributed by atoms with Gasteiger partial charge in [-0.25, -0.2) is 21.6 Å². The summed E-state index contributed by atoms with van der Waals surface area (Å²) in [4.78, 5) is 12.5. The smallest absolute Gasteiger partial charge is 0.264 e. The van der Waals surface area contributed by atoms with Gasteiger partial charge in [-0.3, -0.25) is 9.52 Å². The molecule has 0 fully saturated rings. The van der Waals surface area contributed by atoms with Gasteiger partial charge in [0.15, 0.2) is 0 Å². The molecule has 0 saturated carbocycles. The van der Waals surface area contributed by atoms with Crippen LogP contribution >= 0.6 is 34.8 Å². The summed E-state index contributed by atoms with van der Waals surface area (Å²) in [5.41, 5.74) is 1.33. The largest absolute Gasteiger partial charge is 0.337 e. The molecule has 1 aromatic heterocycles. The molecule has 15 heteroatoms. The predicted octanol–water partition coefficient (Wildman–Crippen LogP) is 6.11. The molecule has 39 heavy (non-hydrogen) atoms. The maximum absolute atomic E-state index is 13.0. The molecule has 4 aromatic rings. The molecular formula is C24H19Cl3N4O6S2. The number of hydrogen-bond donors (Lipinski definition) is 3. The van der Waals surface area contributed by atoms with Crippen LogP contribution in [0.3, 0.4) is 0 Å². The van der Waals surface area contributed by atoms with Gasteiger partial charge in [-0.1, -0.05) is 46.0 Å². The third-order valence-corrected chi connectivity index (χ3v) is 9.18. The van der Waals surface area contributed by atoms with Crippen LogP contribution in [0.25, 0.3) is 0 Å². The second-order valence-corrected chi connectivity index (χ2v) is 12.8. The molecule has 0 radical (unpaired) electrons. The van der Waals surface area contributed by atoms with Gasteiger partial charge in [0, 0.05) is 16.3 Å². The van der Waals surface area contributed by atoms with Crippen LogP contribution in [0.1, 0.15) is 21.6 Å². The lowest BCUT2D eigenvalue weighted by Crippen LogP contribution is -2.17. The Balaban J connectivity index is 1.54. The van der Waals surface area contributed by atoms with E-state index >= 15 is 0 Å². The summed E-state index contributed by atoms with van der Waals surface area (Å²) < 4.78 is 61.0. The van der Waals surface area contributed by atoms with Crippen LogP contribution in [0.4, 0.5) is 17.3 Å². The van der Waals surface area contributed by atoms with Crippen LogP contribution < -0.4 is 14.8 Å². The van der Waals surface area contributed by atoms with Crippen LogP contribution in [-0.2, 0) is 20.0 Å². The molecule has 1 heterocycles. The lowest BCUT2D eigenvalue weighted by Gasteiger charge is -2.13. The van der Waals surface area contributed by atoms with Gasteiger partial charge in [0.25, 0.3) is 26.0 Å². The fourth-order valence-corrected chi connectivity index (χ4v) is 6.43. The molecule has 4 rings (SSSR count). The fraction of sp³-hybridized carbons (Fsp3) is 0.0833. The van der Waals surface area contributed by atoms with Gasteiger partial charge in [-0.05, 0) is 68.4 Å². The van der Waals surface area contributed by atoms with Crippen molar-refractivity contribution in [2.75, 3.05) is 14.8 Å². The summed E-state index contributed by atoms with van der Waals surface area (Å²) in [6, 6.07) is 13.5. The van der Waals surface area contributed by atoms with Crippen molar-refractivity contribution >= 4 is 78.0 Å². The SMILES string of the molecule is Cc1noc(NS(=O)(=O)c2ccc(NC(=O)c3cc(S(=O)(=O)Nc4cccc(Cl)c4)c(Cl)cc3Cl)cc2)c1C. The van der Waals surface area contributed by atoms with E-state index in [2.05, 4.69) is 19.9 Å². The highest BCUT2D eigenvalue weighted by molar-refractivity contribution is 7.93. The first-order valence-corrected chi connectivity index (χ1v) is 15.0. The summed E-state index contributed by atoms with van der Waals surface area (Å²) in [7, 11) is -8.22. The molecule has 0 aliphatic heterocycles. The number of halogens is 3. The number of nitrogens with one attached hydrogen (secondary N) is 3. The van der Waals surface area contributed by atoms with E-state index in [1.54, 1.807) is 26.0 Å². The van der Waals surface area contributed by atoms with Gasteiger partial charge in [-0.15, -0.1) is 0 Å². The van der Waals surface area contributed by atoms with E-state index in [-0.39, 0.29) is 42.7 Å². The first-order chi connectivity index (χ1) is 18.3. The van der Waals surface area contributed by atoms with Crippen molar-refractivity contribution in [3.63, 3.8) is 0 Å². The molecule has 0 bridgehead atoms. The molecule has 204 valence electrons. The lowest BCUT2D eigenvalue weighted by molar-refractivity contribution is 0.102. The highest BCUT2D eigenvalue weighted by atomic mass is 35.5. The minimum Gasteiger partial charge on any atom is -0.337 e. The van der Waals surface area contributed by atoms with E-state index in [4.69, 9.17) is 39.3 Å². The summed E-state index contributed by atoms with van der Waals surface area (Å²) in [5, 5.41) is 6.28. The number of aryl methyl sites for hydroxylation is 1. The Kier molecular flexibility index (Phi) is 8.14. The zero-order valence-electron chi connectivity index (χ0n) is 20.1. The molecule has 3 N–H and O–H groups in total. The number of hydrogen-bond acceptors (Lipinski definition) is 7. The number of carbonyl (C=O) groups is 1. The normalized spacial score (nSPS) is 11.7. The number of benzene rings is 3. The Morgan fingerprint density at radius 3 is 2.13 bits per heavy atom. The van der Waals surface area contributed by atoms with Crippen LogP contribution in [0.5, 0.6) is 0 Å². The summed E-state index contributed by atoms with van der Waals surface area (Å²) in [6.07, 6.45) is 0. The zero-order chi connectivity index (χ0) is 28.5. The van der Waals surface area contributed by atoms with Crippen molar-refractivity contribution in [2.24, 2.45) is 0 Å². The van der Waals surface area contributed by atoms with Crippen molar-refractivity contribution in [2.45, 2.75) is 23.6 Å². The zero-order valence-corrected chi connectivity index (χ0v) is 24.0. The second-order valence-electron chi connectivity index (χ2n) is 8.18. The quantitative estimate of drug-likeness (QED) is 0.213. The minimum atomic E-state index is -4.22. The van der Waals surface area contributed by atoms with Crippen molar-refractivity contribution < 1.29 is 26.2 Å². The van der Waals surface area contributed by atoms with Gasteiger partial charge in [0.05, 0.1) is 31.9 Å². The molecule has 3 aromatic carbocycles. The lowest BCUT2D eigenvalue weighted by atomic mass is 10.2. The Labute approximate surface area is 239 Å². The fourth-order valence-electron chi connectivity index (χ4n) is 3.28. The monoisotopic (exact) mass is 628 g/mol. The number of rotatable bonds is 8. The minimum absolute atomic E-state index is 0.00197. The molecule has 0 aliphatic rings. The second kappa shape index (κ2) is 11.1. The molecule has 0 unspecified atom stereocenters. The third-order valence-electron chi connectivity index (χ3n) is 5.44. The molecular weight excluding hydrogens is 611 g/mol. The van der Waals surface area contributed by atoms with Crippen molar-refractivity contribution in [1.29, 1.82) is 0 Å². The van der Waals surface area contributed by atoms with Gasteiger partial charge >= 0.3 is 0 Å². The maximum Gasteiger partial charge on any atom is 0.264 e. The van der Waals surface area contributed by atoms with E-state index in [0.717, 1.165) is 12.1 Å². The summed E-state index contributed by atoms with van der Waals surface area (Å²) >= 11 is 18.3. The number of sulfonamides is 2. The van der Waals surface area contributed by atoms with E-state index in [0.29, 0.717) is 16.3 Å². The molecule has 1 amide bonds. The molecule has 0 spiro atoms. The molecule has 0 saturated heterocycles. The van der Waals surface area contributed by atoms with Gasteiger partial charge < -0.3 is 9.84 Å². The van der Waals surface area contributed by atoms with E-state index < -0.39 is 26.0 Å². The highest BCUT2D eigenvalue weighted by Crippen LogP contribution is 2.31. The number of aromatic nitrogens is 1. The summed E-state index contributed by atoms with van der Waals surface area (Å²) in [5.74, 6) is -0.754. The maximum atomic E-state index is 13.0. The topological polar surface area (TPSA) is 147 Å². The van der Waals surface area contributed by atoms with Crippen LogP contribution in [-0.4, -0.2) is 27.9 Å². The van der Waals surface area contributed by atoms with Crippen molar-refractivity contribution in [3.05, 3.63) is 92.6 Å². The third kappa shape index (κ3) is 6.48. The van der Waals surface area contributed by atoms with Gasteiger partial charge in [0.2, 0.25) is 5.88 Å². The Bertz CT molecular complexity index is 1790. The van der Waals surface area contributed by atoms with E-state index in [9.17, 15) is 21.6 Å². The van der Waals surface area contributed by atoms with Gasteiger partial charge in [-0.2, -0.15) is 0 Å². The Hall–Kier alpha value is -3.29. The predicted molar refractivity (Wildman–Crippen MR) is 150 cm³/mol. The van der Waals surface area contributed by atoms with Crippen molar-refractivity contribution in [3.8, 4) is 0 Å². The average Bonchev–Trinajstić information content (AvgIpc) is 3.15. The Morgan fingerprint density at radius 1 is 0.821 bits per heavy atom. The molecule has 0 atom stereocenters. The van der Waals surface area contributed by atoms with Gasteiger partial charge in [0.1, 0.15) is 4.90 Å². The number of amides is 1. The van der Waals surface area contributed by atoms with Crippen molar-refractivity contribution in [1.82, 2.24) is 5.16 Å². The standard InChI is InChI=1S/C24H19Cl3N4O6S2/c1-13-14(2)29-37-24(13)31-38(33,34)18-8-6-16(7-9-18)28-23(32)19-11-22(21(27)12-20(19)26)39(35,36)30-17-5-3-4-15(25)10-17/h3-12,30-31H,1-2H3,(H,28,32). The number of nitrogens with zero attached hydrogens (tertiary/aromatic N) is 1.